The summed E-state index contributed by atoms with van der Waals surface area (Å²) in [6, 6.07) is 11.1. The summed E-state index contributed by atoms with van der Waals surface area (Å²) in [7, 11) is 3.78. The number of halogens is 1. The minimum absolute atomic E-state index is 0.00658. The fourth-order valence-electron chi connectivity index (χ4n) is 5.57. The van der Waals surface area contributed by atoms with E-state index < -0.39 is 0 Å². The van der Waals surface area contributed by atoms with Crippen molar-refractivity contribution in [2.45, 2.75) is 63.1 Å². The molecule has 1 saturated carbocycles. The van der Waals surface area contributed by atoms with Gasteiger partial charge >= 0.3 is 0 Å². The van der Waals surface area contributed by atoms with Crippen molar-refractivity contribution in [1.82, 2.24) is 24.9 Å². The van der Waals surface area contributed by atoms with Crippen LogP contribution in [0.5, 0.6) is 0 Å². The van der Waals surface area contributed by atoms with Gasteiger partial charge in [0.25, 0.3) is 0 Å². The van der Waals surface area contributed by atoms with Crippen LogP contribution in [0.4, 0.5) is 0 Å². The van der Waals surface area contributed by atoms with Gasteiger partial charge in [-0.2, -0.15) is 5.10 Å². The molecule has 1 saturated heterocycles. The van der Waals surface area contributed by atoms with E-state index in [2.05, 4.69) is 35.3 Å². The van der Waals surface area contributed by atoms with E-state index >= 15 is 0 Å². The van der Waals surface area contributed by atoms with Crippen LogP contribution in [0.2, 0.25) is 5.02 Å². The first-order valence-electron chi connectivity index (χ1n) is 12.9. The molecule has 8 nitrogen and oxygen atoms in total. The highest BCUT2D eigenvalue weighted by molar-refractivity contribution is 6.30. The molecule has 1 aromatic heterocycles. The largest absolute Gasteiger partial charge is 0.373 e. The lowest BCUT2D eigenvalue weighted by molar-refractivity contribution is -0.135. The maximum atomic E-state index is 12.3. The molecule has 36 heavy (non-hydrogen) atoms. The summed E-state index contributed by atoms with van der Waals surface area (Å²) in [5, 5.41) is 7.93. The molecule has 9 heteroatoms. The van der Waals surface area contributed by atoms with Crippen molar-refractivity contribution >= 4 is 23.9 Å². The topological polar surface area (TPSA) is 79.7 Å². The van der Waals surface area contributed by atoms with Crippen LogP contribution in [0.1, 0.15) is 48.6 Å². The highest BCUT2D eigenvalue weighted by Crippen LogP contribution is 2.36. The molecule has 2 aromatic rings. The Morgan fingerprint density at radius 3 is 2.61 bits per heavy atom. The first-order chi connectivity index (χ1) is 17.3. The van der Waals surface area contributed by atoms with Crippen LogP contribution in [0.15, 0.2) is 30.3 Å². The second-order valence-electron chi connectivity index (χ2n) is 10.2. The fraction of sp³-hybridized carbons (Fsp3) is 0.593. The lowest BCUT2D eigenvalue weighted by Crippen LogP contribution is -2.57. The van der Waals surface area contributed by atoms with Gasteiger partial charge in [0, 0.05) is 55.9 Å². The zero-order valence-electron chi connectivity index (χ0n) is 21.5. The smallest absolute Gasteiger partial charge is 0.241 e. The van der Waals surface area contributed by atoms with E-state index in [0.29, 0.717) is 31.5 Å². The number of amides is 2. The molecule has 2 amide bonds. The zero-order valence-corrected chi connectivity index (χ0v) is 22.3. The van der Waals surface area contributed by atoms with Crippen LogP contribution in [-0.2, 0) is 27.8 Å². The number of nitrogens with one attached hydrogen (secondary N) is 1. The molecule has 1 N–H and O–H groups in total. The maximum Gasteiger partial charge on any atom is 0.241 e. The quantitative estimate of drug-likeness (QED) is 0.519. The lowest BCUT2D eigenvalue weighted by Gasteiger charge is -2.46. The summed E-state index contributed by atoms with van der Waals surface area (Å²) in [4.78, 5) is 27.1. The van der Waals surface area contributed by atoms with Gasteiger partial charge in [0.2, 0.25) is 12.3 Å². The molecule has 1 aromatic carbocycles. The van der Waals surface area contributed by atoms with E-state index in [1.54, 1.807) is 11.9 Å². The van der Waals surface area contributed by atoms with Crippen LogP contribution in [0, 0.1) is 6.92 Å². The second kappa shape index (κ2) is 12.2. The average Bonchev–Trinajstić information content (AvgIpc) is 3.22. The summed E-state index contributed by atoms with van der Waals surface area (Å²) in [5.74, 6) is 0.397. The van der Waals surface area contributed by atoms with Crippen LogP contribution in [-0.4, -0.2) is 83.4 Å². The van der Waals surface area contributed by atoms with E-state index in [9.17, 15) is 9.59 Å². The Balaban J connectivity index is 1.42. The average molecular weight is 516 g/mol. The third-order valence-corrected chi connectivity index (χ3v) is 8.00. The number of rotatable bonds is 9. The molecule has 2 unspecified atom stereocenters. The Hall–Kier alpha value is -2.42. The number of ether oxygens (including phenoxy) is 1. The molecule has 2 atom stereocenters. The van der Waals surface area contributed by atoms with Gasteiger partial charge in [-0.15, -0.1) is 0 Å². The molecular formula is C27H38ClN5O3. The summed E-state index contributed by atoms with van der Waals surface area (Å²) in [5.41, 5.74) is 3.67. The number of likely N-dealkylation sites (N-methyl/N-ethyl adjacent to an activating group) is 1. The van der Waals surface area contributed by atoms with Crippen molar-refractivity contribution < 1.29 is 14.3 Å². The standard InChI is InChI=1S/C27H38ClN5O3/c1-19-12-26(30-32(19)3)21-6-10-23(11-7-21)33-16-25(15-31(2)27(35)14-29-18-34)36-17-24(33)13-20-4-8-22(28)9-5-20/h4-5,8-9,12,18,21,23-25H,6-7,10-11,13-17H2,1-3H3,(H,29,34). The molecule has 1 aliphatic heterocycles. The van der Waals surface area contributed by atoms with Crippen molar-refractivity contribution in [2.24, 2.45) is 7.05 Å². The Bertz CT molecular complexity index is 999. The maximum absolute atomic E-state index is 12.3. The SMILES string of the molecule is Cc1cc(C2CCC(N3CC(CN(C)C(=O)CNC=O)OCC3Cc3ccc(Cl)cc3)CC2)nn1C. The number of aryl methyl sites for hydroxylation is 2. The first-order valence-corrected chi connectivity index (χ1v) is 13.2. The van der Waals surface area contributed by atoms with E-state index in [1.165, 1.54) is 17.0 Å². The molecule has 0 bridgehead atoms. The van der Waals surface area contributed by atoms with Gasteiger partial charge in [-0.25, -0.2) is 0 Å². The number of hydrogen-bond donors (Lipinski definition) is 1. The lowest BCUT2D eigenvalue weighted by atomic mass is 9.82. The summed E-state index contributed by atoms with van der Waals surface area (Å²) in [6.07, 6.45) is 5.91. The Morgan fingerprint density at radius 1 is 1.25 bits per heavy atom. The van der Waals surface area contributed by atoms with Gasteiger partial charge in [-0.1, -0.05) is 23.7 Å². The molecule has 0 spiro atoms. The fourth-order valence-corrected chi connectivity index (χ4v) is 5.69. The minimum atomic E-state index is -0.119. The Labute approximate surface area is 218 Å². The van der Waals surface area contributed by atoms with Crippen molar-refractivity contribution in [3.63, 3.8) is 0 Å². The third-order valence-electron chi connectivity index (χ3n) is 7.75. The zero-order chi connectivity index (χ0) is 25.7. The van der Waals surface area contributed by atoms with Crippen molar-refractivity contribution in [2.75, 3.05) is 33.3 Å². The highest BCUT2D eigenvalue weighted by atomic mass is 35.5. The monoisotopic (exact) mass is 515 g/mol. The molecular weight excluding hydrogens is 478 g/mol. The number of carbonyl (C=O) groups is 2. The Kier molecular flexibility index (Phi) is 9.04. The number of carbonyl (C=O) groups excluding carboxylic acids is 2. The third kappa shape index (κ3) is 6.66. The molecule has 2 fully saturated rings. The van der Waals surface area contributed by atoms with Crippen LogP contribution in [0.25, 0.3) is 0 Å². The van der Waals surface area contributed by atoms with Crippen molar-refractivity contribution in [3.05, 3.63) is 52.3 Å². The Morgan fingerprint density at radius 2 is 1.97 bits per heavy atom. The van der Waals surface area contributed by atoms with Gasteiger partial charge in [0.15, 0.2) is 0 Å². The summed E-state index contributed by atoms with van der Waals surface area (Å²) < 4.78 is 8.25. The van der Waals surface area contributed by atoms with E-state index in [4.69, 9.17) is 21.4 Å². The molecule has 4 rings (SSSR count). The number of aromatic nitrogens is 2. The van der Waals surface area contributed by atoms with E-state index in [-0.39, 0.29) is 24.6 Å². The van der Waals surface area contributed by atoms with Gasteiger partial charge < -0.3 is 15.0 Å². The van der Waals surface area contributed by atoms with Crippen molar-refractivity contribution in [1.29, 1.82) is 0 Å². The summed E-state index contributed by atoms with van der Waals surface area (Å²) >= 11 is 6.11. The summed E-state index contributed by atoms with van der Waals surface area (Å²) in [6.45, 7) is 4.03. The van der Waals surface area contributed by atoms with E-state index in [1.807, 2.05) is 23.9 Å². The second-order valence-corrected chi connectivity index (χ2v) is 10.7. The normalized spacial score (nSPS) is 24.9. The van der Waals surface area contributed by atoms with Crippen LogP contribution in [0.3, 0.4) is 0 Å². The van der Waals surface area contributed by atoms with Gasteiger partial charge in [0.05, 0.1) is 24.9 Å². The van der Waals surface area contributed by atoms with Crippen LogP contribution >= 0.6 is 11.6 Å². The van der Waals surface area contributed by atoms with Crippen molar-refractivity contribution in [3.8, 4) is 0 Å². The number of nitrogens with zero attached hydrogens (tertiary/aromatic N) is 4. The molecule has 0 radical (unpaired) electrons. The first kappa shape index (κ1) is 26.6. The van der Waals surface area contributed by atoms with Crippen LogP contribution < -0.4 is 5.32 Å². The molecule has 2 heterocycles. The van der Waals surface area contributed by atoms with Gasteiger partial charge in [0.1, 0.15) is 0 Å². The molecule has 196 valence electrons. The predicted molar refractivity (Wildman–Crippen MR) is 140 cm³/mol. The molecule has 2 aliphatic rings. The number of benzene rings is 1. The number of morpholine rings is 1. The highest BCUT2D eigenvalue weighted by Gasteiger charge is 2.37. The van der Waals surface area contributed by atoms with Gasteiger partial charge in [-0.3, -0.25) is 19.2 Å². The van der Waals surface area contributed by atoms with Gasteiger partial charge in [-0.05, 0) is 62.8 Å². The molecule has 1 aliphatic carbocycles. The van der Waals surface area contributed by atoms with E-state index in [0.717, 1.165) is 43.7 Å². The minimum Gasteiger partial charge on any atom is -0.373 e. The predicted octanol–water partition coefficient (Wildman–Crippen LogP) is 2.92. The number of hydrogen-bond acceptors (Lipinski definition) is 5.